The fourth-order valence-electron chi connectivity index (χ4n) is 3.13. The van der Waals surface area contributed by atoms with Crippen LogP contribution in [0.1, 0.15) is 32.1 Å². The summed E-state index contributed by atoms with van der Waals surface area (Å²) in [6, 6.07) is 5.37. The Labute approximate surface area is 125 Å². The van der Waals surface area contributed by atoms with Crippen LogP contribution < -0.4 is 5.73 Å². The topological polar surface area (TPSA) is 79.2 Å². The molecule has 6 heteroatoms. The molecule has 3 rings (SSSR count). The molecule has 0 saturated heterocycles. The summed E-state index contributed by atoms with van der Waals surface area (Å²) in [7, 11) is -1.78. The second kappa shape index (κ2) is 5.35. The van der Waals surface area contributed by atoms with Crippen LogP contribution in [0.15, 0.2) is 29.3 Å². The van der Waals surface area contributed by atoms with Crippen LogP contribution in [-0.2, 0) is 10.0 Å². The molecule has 1 aromatic carbocycles. The average molecular weight is 307 g/mol. The molecule has 1 aromatic heterocycles. The van der Waals surface area contributed by atoms with Gasteiger partial charge in [0.2, 0.25) is 10.0 Å². The fraction of sp³-hybridized carbons (Fsp3) is 0.467. The van der Waals surface area contributed by atoms with E-state index in [0.29, 0.717) is 16.0 Å². The van der Waals surface area contributed by atoms with Crippen LogP contribution in [0, 0.1) is 0 Å². The highest BCUT2D eigenvalue weighted by molar-refractivity contribution is 7.89. The highest BCUT2D eigenvalue weighted by Crippen LogP contribution is 2.30. The van der Waals surface area contributed by atoms with Crippen molar-refractivity contribution in [2.45, 2.75) is 43.0 Å². The molecule has 1 fully saturated rings. The van der Waals surface area contributed by atoms with Gasteiger partial charge in [0.05, 0.1) is 0 Å². The molecule has 1 heterocycles. The number of benzene rings is 1. The van der Waals surface area contributed by atoms with Crippen molar-refractivity contribution >= 4 is 26.6 Å². The summed E-state index contributed by atoms with van der Waals surface area (Å²) in [6.07, 6.45) is 6.88. The standard InChI is InChI=1S/C15H21N3O2S/c1-18(12-5-3-2-4-6-12)21(19,20)15-10-17-14-9-11(16)7-8-13(14)15/h7-10,12,17H,2-6,16H2,1H3. The lowest BCUT2D eigenvalue weighted by molar-refractivity contribution is 0.286. The van der Waals surface area contributed by atoms with E-state index in [-0.39, 0.29) is 6.04 Å². The number of H-pyrrole nitrogens is 1. The Bertz CT molecular complexity index is 745. The summed E-state index contributed by atoms with van der Waals surface area (Å²) in [5, 5.41) is 0.701. The smallest absolute Gasteiger partial charge is 0.245 e. The fourth-order valence-corrected chi connectivity index (χ4v) is 4.70. The number of hydrogen-bond donors (Lipinski definition) is 2. The van der Waals surface area contributed by atoms with Crippen molar-refractivity contribution in [2.75, 3.05) is 12.8 Å². The molecule has 114 valence electrons. The lowest BCUT2D eigenvalue weighted by Gasteiger charge is -2.30. The highest BCUT2D eigenvalue weighted by Gasteiger charge is 2.30. The van der Waals surface area contributed by atoms with Crippen LogP contribution in [0.2, 0.25) is 0 Å². The molecule has 0 unspecified atom stereocenters. The zero-order chi connectivity index (χ0) is 15.0. The van der Waals surface area contributed by atoms with Crippen LogP contribution in [-0.4, -0.2) is 30.8 Å². The van der Waals surface area contributed by atoms with Gasteiger partial charge in [0.25, 0.3) is 0 Å². The van der Waals surface area contributed by atoms with Crippen LogP contribution in [0.5, 0.6) is 0 Å². The molecule has 21 heavy (non-hydrogen) atoms. The second-order valence-electron chi connectivity index (χ2n) is 5.77. The number of nitrogens with two attached hydrogens (primary N) is 1. The van der Waals surface area contributed by atoms with Gasteiger partial charge in [-0.2, -0.15) is 4.31 Å². The van der Waals surface area contributed by atoms with Gasteiger partial charge in [-0.3, -0.25) is 0 Å². The van der Waals surface area contributed by atoms with Gasteiger partial charge in [-0.1, -0.05) is 19.3 Å². The van der Waals surface area contributed by atoms with Gasteiger partial charge in [0.15, 0.2) is 0 Å². The van der Waals surface area contributed by atoms with E-state index in [0.717, 1.165) is 31.2 Å². The number of nitrogen functional groups attached to an aromatic ring is 1. The lowest BCUT2D eigenvalue weighted by atomic mass is 9.96. The third-order valence-corrected chi connectivity index (χ3v) is 6.36. The molecule has 1 saturated carbocycles. The third kappa shape index (κ3) is 2.53. The van der Waals surface area contributed by atoms with E-state index < -0.39 is 10.0 Å². The Morgan fingerprint density at radius 1 is 1.24 bits per heavy atom. The summed E-state index contributed by atoms with van der Waals surface area (Å²) in [6.45, 7) is 0. The predicted octanol–water partition coefficient (Wildman–Crippen LogP) is 2.70. The minimum Gasteiger partial charge on any atom is -0.399 e. The third-order valence-electron chi connectivity index (χ3n) is 4.41. The maximum atomic E-state index is 12.9. The molecule has 5 nitrogen and oxygen atoms in total. The molecule has 0 atom stereocenters. The molecular formula is C15H21N3O2S. The number of sulfonamides is 1. The van der Waals surface area contributed by atoms with Crippen molar-refractivity contribution in [3.63, 3.8) is 0 Å². The quantitative estimate of drug-likeness (QED) is 0.856. The van der Waals surface area contributed by atoms with E-state index in [4.69, 9.17) is 5.73 Å². The number of hydrogen-bond acceptors (Lipinski definition) is 3. The first-order valence-electron chi connectivity index (χ1n) is 7.35. The van der Waals surface area contributed by atoms with E-state index >= 15 is 0 Å². The highest BCUT2D eigenvalue weighted by atomic mass is 32.2. The predicted molar refractivity (Wildman–Crippen MR) is 84.5 cm³/mol. The summed E-state index contributed by atoms with van der Waals surface area (Å²) < 4.78 is 27.3. The minimum atomic E-state index is -3.47. The maximum Gasteiger partial charge on any atom is 0.245 e. The molecule has 1 aliphatic carbocycles. The second-order valence-corrected chi connectivity index (χ2v) is 7.74. The molecule has 0 bridgehead atoms. The zero-order valence-electron chi connectivity index (χ0n) is 12.2. The number of nitrogens with zero attached hydrogens (tertiary/aromatic N) is 1. The van der Waals surface area contributed by atoms with E-state index in [1.54, 1.807) is 35.7 Å². The Morgan fingerprint density at radius 2 is 1.95 bits per heavy atom. The first-order chi connectivity index (χ1) is 10.00. The largest absolute Gasteiger partial charge is 0.399 e. The van der Waals surface area contributed by atoms with Gasteiger partial charge < -0.3 is 10.7 Å². The molecule has 0 aliphatic heterocycles. The number of nitrogens with one attached hydrogen (secondary N) is 1. The first kappa shape index (κ1) is 14.4. The molecular weight excluding hydrogens is 286 g/mol. The normalized spacial score (nSPS) is 17.6. The number of aromatic nitrogens is 1. The Morgan fingerprint density at radius 3 is 2.67 bits per heavy atom. The Hall–Kier alpha value is -1.53. The summed E-state index contributed by atoms with van der Waals surface area (Å²) >= 11 is 0. The van der Waals surface area contributed by atoms with Crippen molar-refractivity contribution < 1.29 is 8.42 Å². The molecule has 0 amide bonds. The van der Waals surface area contributed by atoms with Crippen LogP contribution in [0.3, 0.4) is 0 Å². The monoisotopic (exact) mass is 307 g/mol. The molecule has 0 radical (unpaired) electrons. The van der Waals surface area contributed by atoms with Crippen molar-refractivity contribution in [1.82, 2.24) is 9.29 Å². The maximum absolute atomic E-state index is 12.9. The summed E-state index contributed by atoms with van der Waals surface area (Å²) in [4.78, 5) is 3.35. The SMILES string of the molecule is CN(C1CCCCC1)S(=O)(=O)c1c[nH]c2cc(N)ccc12. The Balaban J connectivity index is 1.99. The molecule has 2 aromatic rings. The zero-order valence-corrected chi connectivity index (χ0v) is 13.0. The van der Waals surface area contributed by atoms with Gasteiger partial charge in [-0.15, -0.1) is 0 Å². The molecule has 0 spiro atoms. The summed E-state index contributed by atoms with van der Waals surface area (Å²) in [5.41, 5.74) is 7.11. The van der Waals surface area contributed by atoms with E-state index in [1.165, 1.54) is 6.42 Å². The van der Waals surface area contributed by atoms with Crippen LogP contribution >= 0.6 is 0 Å². The van der Waals surface area contributed by atoms with Crippen molar-refractivity contribution in [2.24, 2.45) is 0 Å². The van der Waals surface area contributed by atoms with Gasteiger partial charge in [-0.05, 0) is 31.0 Å². The first-order valence-corrected chi connectivity index (χ1v) is 8.79. The van der Waals surface area contributed by atoms with Crippen LogP contribution in [0.25, 0.3) is 10.9 Å². The van der Waals surface area contributed by atoms with Crippen LogP contribution in [0.4, 0.5) is 5.69 Å². The number of anilines is 1. The van der Waals surface area contributed by atoms with Crippen molar-refractivity contribution in [3.8, 4) is 0 Å². The van der Waals surface area contributed by atoms with Gasteiger partial charge >= 0.3 is 0 Å². The van der Waals surface area contributed by atoms with Crippen molar-refractivity contribution in [1.29, 1.82) is 0 Å². The Kier molecular flexibility index (Phi) is 3.67. The van der Waals surface area contributed by atoms with E-state index in [1.807, 2.05) is 0 Å². The van der Waals surface area contributed by atoms with E-state index in [9.17, 15) is 8.42 Å². The average Bonchev–Trinajstić information content (AvgIpc) is 2.91. The molecule has 3 N–H and O–H groups in total. The number of rotatable bonds is 3. The van der Waals surface area contributed by atoms with Gasteiger partial charge in [0, 0.05) is 35.9 Å². The van der Waals surface area contributed by atoms with Gasteiger partial charge in [0.1, 0.15) is 4.90 Å². The van der Waals surface area contributed by atoms with Crippen molar-refractivity contribution in [3.05, 3.63) is 24.4 Å². The minimum absolute atomic E-state index is 0.113. The number of aromatic amines is 1. The molecule has 1 aliphatic rings. The lowest BCUT2D eigenvalue weighted by Crippen LogP contribution is -2.38. The summed E-state index contributed by atoms with van der Waals surface area (Å²) in [5.74, 6) is 0. The number of fused-ring (bicyclic) bond motifs is 1. The van der Waals surface area contributed by atoms with E-state index in [2.05, 4.69) is 4.98 Å². The van der Waals surface area contributed by atoms with Gasteiger partial charge in [-0.25, -0.2) is 8.42 Å².